The average molecular weight is 419 g/mol. The number of hydrogen-bond acceptors (Lipinski definition) is 5. The molecular formula is C25H30N4O2. The van der Waals surface area contributed by atoms with Crippen LogP contribution in [0.1, 0.15) is 43.2 Å². The zero-order chi connectivity index (χ0) is 21.9. The number of nitrogens with one attached hydrogen (secondary N) is 1. The Labute approximate surface area is 184 Å². The second kappa shape index (κ2) is 11.7. The maximum atomic E-state index is 8.86. The van der Waals surface area contributed by atoms with Gasteiger partial charge in [0.1, 0.15) is 0 Å². The summed E-state index contributed by atoms with van der Waals surface area (Å²) in [6.45, 7) is 3.52. The molecule has 6 nitrogen and oxygen atoms in total. The first-order valence-electron chi connectivity index (χ1n) is 10.7. The molecule has 1 heterocycles. The third-order valence-electron chi connectivity index (χ3n) is 5.32. The van der Waals surface area contributed by atoms with Crippen LogP contribution in [0.3, 0.4) is 0 Å². The van der Waals surface area contributed by atoms with Gasteiger partial charge in [-0.05, 0) is 54.9 Å². The van der Waals surface area contributed by atoms with E-state index in [-0.39, 0.29) is 5.92 Å². The van der Waals surface area contributed by atoms with Gasteiger partial charge in [0, 0.05) is 18.9 Å². The van der Waals surface area contributed by atoms with E-state index in [2.05, 4.69) is 59.7 Å². The van der Waals surface area contributed by atoms with E-state index in [0.717, 1.165) is 42.7 Å². The van der Waals surface area contributed by atoms with Gasteiger partial charge in [0.15, 0.2) is 17.7 Å². The standard InChI is InChI=1S/C25H30N4O2/c1-20(18-29-15-14-27-25(29)28-19-26)22-12-13-23(30-2)24(17-22)31-16-8-4-7-11-21-9-5-3-6-10-21/h3,5-6,9-10,12-15,17,20H,4,7-8,11,16,18H2,1-2H3,(H,27,28). The molecule has 0 aliphatic carbocycles. The SMILES string of the molecule is COc1ccc(C(C)Cn2ccnc2NC#N)cc1OCCCCCc1ccccc1. The number of unbranched alkanes of at least 4 members (excludes halogenated alkanes) is 2. The van der Waals surface area contributed by atoms with E-state index in [1.54, 1.807) is 13.3 Å². The molecule has 0 amide bonds. The normalized spacial score (nSPS) is 11.5. The van der Waals surface area contributed by atoms with E-state index in [9.17, 15) is 0 Å². The largest absolute Gasteiger partial charge is 0.493 e. The van der Waals surface area contributed by atoms with Crippen molar-refractivity contribution in [3.63, 3.8) is 0 Å². The van der Waals surface area contributed by atoms with Crippen LogP contribution in [0.15, 0.2) is 60.9 Å². The minimum atomic E-state index is 0.215. The maximum absolute atomic E-state index is 8.86. The van der Waals surface area contributed by atoms with E-state index in [4.69, 9.17) is 14.7 Å². The number of benzene rings is 2. The van der Waals surface area contributed by atoms with Crippen LogP contribution >= 0.6 is 0 Å². The summed E-state index contributed by atoms with van der Waals surface area (Å²) in [5, 5.41) is 11.5. The van der Waals surface area contributed by atoms with E-state index >= 15 is 0 Å². The molecule has 0 radical (unpaired) electrons. The van der Waals surface area contributed by atoms with Crippen LogP contribution < -0.4 is 14.8 Å². The molecule has 0 fully saturated rings. The van der Waals surface area contributed by atoms with Gasteiger partial charge in [-0.2, -0.15) is 5.26 Å². The first kappa shape index (κ1) is 22.2. The molecule has 162 valence electrons. The van der Waals surface area contributed by atoms with E-state index < -0.39 is 0 Å². The highest BCUT2D eigenvalue weighted by atomic mass is 16.5. The molecule has 3 aromatic rings. The van der Waals surface area contributed by atoms with Gasteiger partial charge in [-0.25, -0.2) is 4.98 Å². The highest BCUT2D eigenvalue weighted by Crippen LogP contribution is 2.32. The first-order valence-corrected chi connectivity index (χ1v) is 10.7. The predicted octanol–water partition coefficient (Wildman–Crippen LogP) is 5.38. The van der Waals surface area contributed by atoms with Crippen molar-refractivity contribution in [2.45, 2.75) is 45.1 Å². The maximum Gasteiger partial charge on any atom is 0.216 e. The van der Waals surface area contributed by atoms with Gasteiger partial charge in [0.05, 0.1) is 13.7 Å². The van der Waals surface area contributed by atoms with Gasteiger partial charge in [-0.3, -0.25) is 5.32 Å². The topological polar surface area (TPSA) is 72.1 Å². The van der Waals surface area contributed by atoms with Crippen molar-refractivity contribution in [1.29, 1.82) is 5.26 Å². The van der Waals surface area contributed by atoms with Gasteiger partial charge in [0.25, 0.3) is 0 Å². The molecule has 6 heteroatoms. The monoisotopic (exact) mass is 418 g/mol. The van der Waals surface area contributed by atoms with E-state index in [1.165, 1.54) is 5.56 Å². The number of aromatic nitrogens is 2. The van der Waals surface area contributed by atoms with Gasteiger partial charge in [-0.1, -0.05) is 43.3 Å². The average Bonchev–Trinajstić information content (AvgIpc) is 3.23. The Kier molecular flexibility index (Phi) is 8.36. The Morgan fingerprint density at radius 1 is 1.10 bits per heavy atom. The minimum absolute atomic E-state index is 0.215. The highest BCUT2D eigenvalue weighted by molar-refractivity contribution is 5.44. The van der Waals surface area contributed by atoms with Crippen LogP contribution in [0.5, 0.6) is 11.5 Å². The van der Waals surface area contributed by atoms with Crippen LogP contribution in [0.25, 0.3) is 0 Å². The number of nitriles is 1. The van der Waals surface area contributed by atoms with Gasteiger partial charge < -0.3 is 14.0 Å². The molecular weight excluding hydrogens is 388 g/mol. The predicted molar refractivity (Wildman–Crippen MR) is 122 cm³/mol. The van der Waals surface area contributed by atoms with Gasteiger partial charge in [0.2, 0.25) is 5.95 Å². The molecule has 1 aromatic heterocycles. The van der Waals surface area contributed by atoms with Crippen LogP contribution in [0.4, 0.5) is 5.95 Å². The van der Waals surface area contributed by atoms with Crippen molar-refractivity contribution in [2.75, 3.05) is 19.0 Å². The second-order valence-electron chi connectivity index (χ2n) is 7.60. The molecule has 1 atom stereocenters. The second-order valence-corrected chi connectivity index (χ2v) is 7.60. The lowest BCUT2D eigenvalue weighted by Crippen LogP contribution is -2.09. The fraction of sp³-hybridized carbons (Fsp3) is 0.360. The van der Waals surface area contributed by atoms with Crippen LogP contribution in [-0.4, -0.2) is 23.3 Å². The Morgan fingerprint density at radius 2 is 1.94 bits per heavy atom. The number of anilines is 1. The summed E-state index contributed by atoms with van der Waals surface area (Å²) in [4.78, 5) is 4.17. The number of ether oxygens (including phenoxy) is 2. The summed E-state index contributed by atoms with van der Waals surface area (Å²) >= 11 is 0. The van der Waals surface area contributed by atoms with Crippen molar-refractivity contribution < 1.29 is 9.47 Å². The molecule has 0 saturated carbocycles. The molecule has 0 aliphatic heterocycles. The Hall–Kier alpha value is -3.46. The lowest BCUT2D eigenvalue weighted by molar-refractivity contribution is 0.285. The Bertz CT molecular complexity index is 979. The molecule has 2 aromatic carbocycles. The molecule has 3 rings (SSSR count). The Balaban J connectivity index is 1.52. The van der Waals surface area contributed by atoms with Crippen LogP contribution in [-0.2, 0) is 13.0 Å². The quantitative estimate of drug-likeness (QED) is 0.243. The zero-order valence-corrected chi connectivity index (χ0v) is 18.3. The number of nitrogens with zero attached hydrogens (tertiary/aromatic N) is 3. The first-order chi connectivity index (χ1) is 15.2. The third kappa shape index (κ3) is 6.51. The number of rotatable bonds is 12. The molecule has 0 bridgehead atoms. The smallest absolute Gasteiger partial charge is 0.216 e. The third-order valence-corrected chi connectivity index (χ3v) is 5.32. The van der Waals surface area contributed by atoms with E-state index in [1.807, 2.05) is 23.0 Å². The molecule has 1 N–H and O–H groups in total. The number of imidazole rings is 1. The van der Waals surface area contributed by atoms with Crippen molar-refractivity contribution in [3.05, 3.63) is 72.1 Å². The molecule has 0 aliphatic rings. The van der Waals surface area contributed by atoms with Crippen LogP contribution in [0, 0.1) is 11.5 Å². The number of methoxy groups -OCH3 is 1. The molecule has 0 saturated heterocycles. The minimum Gasteiger partial charge on any atom is -0.493 e. The summed E-state index contributed by atoms with van der Waals surface area (Å²) in [5.41, 5.74) is 2.54. The van der Waals surface area contributed by atoms with Crippen LogP contribution in [0.2, 0.25) is 0 Å². The lowest BCUT2D eigenvalue weighted by atomic mass is 10.0. The summed E-state index contributed by atoms with van der Waals surface area (Å²) in [6, 6.07) is 16.7. The fourth-order valence-corrected chi connectivity index (χ4v) is 3.58. The van der Waals surface area contributed by atoms with Crippen molar-refractivity contribution in [3.8, 4) is 17.7 Å². The Morgan fingerprint density at radius 3 is 2.71 bits per heavy atom. The van der Waals surface area contributed by atoms with Gasteiger partial charge in [-0.15, -0.1) is 0 Å². The fourth-order valence-electron chi connectivity index (χ4n) is 3.58. The zero-order valence-electron chi connectivity index (χ0n) is 18.3. The molecule has 0 spiro atoms. The summed E-state index contributed by atoms with van der Waals surface area (Å²) in [5.74, 6) is 2.29. The van der Waals surface area contributed by atoms with Crippen molar-refractivity contribution in [1.82, 2.24) is 9.55 Å². The molecule has 1 unspecified atom stereocenters. The number of hydrogen-bond donors (Lipinski definition) is 1. The summed E-state index contributed by atoms with van der Waals surface area (Å²) in [7, 11) is 1.66. The van der Waals surface area contributed by atoms with Gasteiger partial charge >= 0.3 is 0 Å². The summed E-state index contributed by atoms with van der Waals surface area (Å²) < 4.78 is 13.5. The van der Waals surface area contributed by atoms with E-state index in [0.29, 0.717) is 19.1 Å². The summed E-state index contributed by atoms with van der Waals surface area (Å²) in [6.07, 6.45) is 9.88. The van der Waals surface area contributed by atoms with Crippen molar-refractivity contribution in [2.24, 2.45) is 0 Å². The highest BCUT2D eigenvalue weighted by Gasteiger charge is 2.13. The lowest BCUT2D eigenvalue weighted by Gasteiger charge is -2.17. The molecule has 31 heavy (non-hydrogen) atoms. The number of aryl methyl sites for hydroxylation is 1. The van der Waals surface area contributed by atoms with Crippen molar-refractivity contribution >= 4 is 5.95 Å².